The van der Waals surface area contributed by atoms with Crippen molar-refractivity contribution in [2.75, 3.05) is 54.9 Å². The predicted molar refractivity (Wildman–Crippen MR) is 132 cm³/mol. The smallest absolute Gasteiger partial charge is 0.242 e. The molecule has 3 fully saturated rings. The van der Waals surface area contributed by atoms with Gasteiger partial charge in [0.05, 0.1) is 36.0 Å². The Bertz CT molecular complexity index is 1150. The molecule has 0 radical (unpaired) electrons. The summed E-state index contributed by atoms with van der Waals surface area (Å²) >= 11 is 0. The molecule has 2 atom stereocenters. The van der Waals surface area contributed by atoms with Crippen LogP contribution in [0.3, 0.4) is 0 Å². The molecule has 2 saturated heterocycles. The van der Waals surface area contributed by atoms with Gasteiger partial charge in [-0.2, -0.15) is 4.98 Å². The third-order valence-electron chi connectivity index (χ3n) is 7.99. The maximum Gasteiger partial charge on any atom is 0.242 e. The number of aromatic nitrogens is 4. The summed E-state index contributed by atoms with van der Waals surface area (Å²) in [5.41, 5.74) is 13.9. The lowest BCUT2D eigenvalue weighted by Crippen LogP contribution is -2.51. The van der Waals surface area contributed by atoms with Gasteiger partial charge < -0.3 is 30.9 Å². The van der Waals surface area contributed by atoms with Crippen molar-refractivity contribution < 1.29 is 9.53 Å². The van der Waals surface area contributed by atoms with Gasteiger partial charge in [-0.25, -0.2) is 15.0 Å². The van der Waals surface area contributed by atoms with E-state index in [0.29, 0.717) is 25.7 Å². The van der Waals surface area contributed by atoms with Crippen LogP contribution in [0.5, 0.6) is 0 Å². The summed E-state index contributed by atoms with van der Waals surface area (Å²) in [6.45, 7) is 8.56. The first kappa shape index (κ1) is 22.4. The van der Waals surface area contributed by atoms with E-state index in [2.05, 4.69) is 33.6 Å². The van der Waals surface area contributed by atoms with Gasteiger partial charge in [0.1, 0.15) is 5.82 Å². The van der Waals surface area contributed by atoms with Crippen LogP contribution in [0.25, 0.3) is 11.3 Å². The Kier molecular flexibility index (Phi) is 5.12. The second kappa shape index (κ2) is 7.99. The molecule has 1 aliphatic carbocycles. The number of hydrogen-bond donors (Lipinski definition) is 2. The number of nitrogens with zero attached hydrogens (tertiary/aromatic N) is 7. The average Bonchev–Trinajstić information content (AvgIpc) is 3.26. The summed E-state index contributed by atoms with van der Waals surface area (Å²) < 4.78 is 5.65. The first-order valence-electron chi connectivity index (χ1n) is 12.5. The number of carbonyl (C=O) groups is 1. The van der Waals surface area contributed by atoms with Crippen LogP contribution >= 0.6 is 0 Å². The normalized spacial score (nSPS) is 27.3. The zero-order valence-electron chi connectivity index (χ0n) is 20.4. The van der Waals surface area contributed by atoms with Crippen LogP contribution in [-0.4, -0.2) is 87.3 Å². The van der Waals surface area contributed by atoms with Crippen LogP contribution in [0.2, 0.25) is 0 Å². The number of carbonyl (C=O) groups excluding carboxylic acids is 1. The highest BCUT2D eigenvalue weighted by molar-refractivity contribution is 5.89. The molecule has 4 aliphatic rings. The molecule has 0 spiro atoms. The fourth-order valence-electron chi connectivity index (χ4n) is 5.62. The van der Waals surface area contributed by atoms with Crippen molar-refractivity contribution in [1.29, 1.82) is 0 Å². The molecule has 5 heterocycles. The minimum Gasteiger partial charge on any atom is -0.377 e. The van der Waals surface area contributed by atoms with Crippen LogP contribution in [0.1, 0.15) is 38.7 Å². The summed E-state index contributed by atoms with van der Waals surface area (Å²) in [4.78, 5) is 38.1. The minimum absolute atomic E-state index is 0.0888. The van der Waals surface area contributed by atoms with Crippen LogP contribution in [0.4, 0.5) is 17.7 Å². The van der Waals surface area contributed by atoms with Crippen molar-refractivity contribution in [3.05, 3.63) is 18.0 Å². The number of anilines is 3. The predicted octanol–water partition coefficient (Wildman–Crippen LogP) is 0.586. The number of ether oxygens (including phenoxy) is 1. The second-order valence-electron chi connectivity index (χ2n) is 10.7. The summed E-state index contributed by atoms with van der Waals surface area (Å²) in [5.74, 6) is 1.95. The van der Waals surface area contributed by atoms with E-state index in [1.165, 1.54) is 0 Å². The van der Waals surface area contributed by atoms with E-state index in [1.54, 1.807) is 12.4 Å². The Morgan fingerprint density at radius 3 is 2.63 bits per heavy atom. The lowest BCUT2D eigenvalue weighted by atomic mass is 9.99. The molecule has 1 amide bonds. The number of morpholine rings is 1. The fraction of sp³-hybridized carbons (Fsp3) is 0.625. The lowest BCUT2D eigenvalue weighted by molar-refractivity contribution is -0.132. The molecular weight excluding hydrogens is 446 g/mol. The summed E-state index contributed by atoms with van der Waals surface area (Å²) in [6, 6.07) is 0.168. The Morgan fingerprint density at radius 1 is 1.14 bits per heavy atom. The highest BCUT2D eigenvalue weighted by atomic mass is 16.5. The van der Waals surface area contributed by atoms with Crippen LogP contribution in [0.15, 0.2) is 12.4 Å². The minimum atomic E-state index is -0.641. The number of fused-ring (bicyclic) bond motifs is 1. The Hall–Kier alpha value is -3.05. The van der Waals surface area contributed by atoms with Crippen molar-refractivity contribution in [1.82, 2.24) is 24.8 Å². The largest absolute Gasteiger partial charge is 0.377 e. The SMILES string of the molecule is C[C@H]1COCCN1c1nc(-c2cnc(N)nc2)c2c(n1)N([C@@]1(C)CCN(C(=O)C3(N)CC3)C1)CC2. The molecule has 2 aromatic heterocycles. The molecule has 0 unspecified atom stereocenters. The Balaban J connectivity index is 1.39. The van der Waals surface area contributed by atoms with Gasteiger partial charge in [-0.3, -0.25) is 4.79 Å². The van der Waals surface area contributed by atoms with Gasteiger partial charge in [0.15, 0.2) is 0 Å². The monoisotopic (exact) mass is 479 g/mol. The maximum absolute atomic E-state index is 13.0. The van der Waals surface area contributed by atoms with E-state index >= 15 is 0 Å². The Morgan fingerprint density at radius 2 is 1.91 bits per heavy atom. The zero-order chi connectivity index (χ0) is 24.4. The van der Waals surface area contributed by atoms with Crippen molar-refractivity contribution in [2.24, 2.45) is 5.73 Å². The molecule has 2 aromatic rings. The van der Waals surface area contributed by atoms with Gasteiger partial charge in [-0.1, -0.05) is 0 Å². The van der Waals surface area contributed by atoms with Crippen LogP contribution in [0, 0.1) is 0 Å². The highest BCUT2D eigenvalue weighted by Gasteiger charge is 2.52. The van der Waals surface area contributed by atoms with Crippen molar-refractivity contribution in [3.8, 4) is 11.3 Å². The second-order valence-corrected chi connectivity index (χ2v) is 10.7. The summed E-state index contributed by atoms with van der Waals surface area (Å²) in [5, 5.41) is 0. The molecular formula is C24H33N9O2. The van der Waals surface area contributed by atoms with Crippen LogP contribution in [-0.2, 0) is 16.0 Å². The summed E-state index contributed by atoms with van der Waals surface area (Å²) in [7, 11) is 0. The van der Waals surface area contributed by atoms with E-state index < -0.39 is 5.54 Å². The van der Waals surface area contributed by atoms with E-state index in [4.69, 9.17) is 26.2 Å². The van der Waals surface area contributed by atoms with Gasteiger partial charge in [0, 0.05) is 49.7 Å². The van der Waals surface area contributed by atoms with Gasteiger partial charge in [0.25, 0.3) is 0 Å². The molecule has 0 bridgehead atoms. The maximum atomic E-state index is 13.0. The molecule has 11 heteroatoms. The Labute approximate surface area is 204 Å². The average molecular weight is 480 g/mol. The van der Waals surface area contributed by atoms with Crippen molar-refractivity contribution in [3.63, 3.8) is 0 Å². The van der Waals surface area contributed by atoms with E-state index in [9.17, 15) is 4.79 Å². The lowest BCUT2D eigenvalue weighted by Gasteiger charge is -2.38. The topological polar surface area (TPSA) is 140 Å². The third kappa shape index (κ3) is 3.77. The first-order valence-corrected chi connectivity index (χ1v) is 12.5. The van der Waals surface area contributed by atoms with Crippen molar-refractivity contribution in [2.45, 2.75) is 56.7 Å². The molecule has 186 valence electrons. The molecule has 11 nitrogen and oxygen atoms in total. The number of rotatable bonds is 4. The quantitative estimate of drug-likeness (QED) is 0.640. The van der Waals surface area contributed by atoms with Gasteiger partial charge in [0.2, 0.25) is 17.8 Å². The number of likely N-dealkylation sites (tertiary alicyclic amines) is 1. The van der Waals surface area contributed by atoms with Gasteiger partial charge >= 0.3 is 0 Å². The van der Waals surface area contributed by atoms with E-state index in [-0.39, 0.29) is 23.4 Å². The zero-order valence-corrected chi connectivity index (χ0v) is 20.4. The number of amides is 1. The molecule has 0 aromatic carbocycles. The van der Waals surface area contributed by atoms with E-state index in [0.717, 1.165) is 68.0 Å². The number of hydrogen-bond acceptors (Lipinski definition) is 10. The summed E-state index contributed by atoms with van der Waals surface area (Å²) in [6.07, 6.45) is 6.72. The van der Waals surface area contributed by atoms with Gasteiger partial charge in [-0.15, -0.1) is 0 Å². The third-order valence-corrected chi connectivity index (χ3v) is 7.99. The van der Waals surface area contributed by atoms with E-state index in [1.807, 2.05) is 4.90 Å². The molecule has 4 N–H and O–H groups in total. The molecule has 1 saturated carbocycles. The molecule has 6 rings (SSSR count). The fourth-order valence-corrected chi connectivity index (χ4v) is 5.62. The van der Waals surface area contributed by atoms with Gasteiger partial charge in [-0.05, 0) is 39.5 Å². The standard InChI is InChI=1S/C24H33N9O2/c1-15-13-35-10-9-32(15)22-29-18(16-11-27-21(25)28-12-16)17-3-7-33(19(17)30-22)23(2)6-8-31(14-23)20(34)24(26)4-5-24/h11-12,15H,3-10,13-14,26H2,1-2H3,(H2,25,27,28)/t15-,23-/m0/s1. The first-order chi connectivity index (χ1) is 16.8. The molecule has 35 heavy (non-hydrogen) atoms. The molecule has 3 aliphatic heterocycles. The van der Waals surface area contributed by atoms with Crippen molar-refractivity contribution >= 4 is 23.6 Å². The number of nitrogens with two attached hydrogens (primary N) is 2. The highest BCUT2D eigenvalue weighted by Crippen LogP contribution is 2.43. The van der Waals surface area contributed by atoms with Crippen LogP contribution < -0.4 is 21.3 Å². The number of nitrogen functional groups attached to an aromatic ring is 1.